The van der Waals surface area contributed by atoms with Crippen LogP contribution in [0.3, 0.4) is 0 Å². The number of carbonyl (C=O) groups is 2. The molecule has 1 rings (SSSR count). The van der Waals surface area contributed by atoms with Crippen molar-refractivity contribution in [3.05, 3.63) is 12.3 Å². The molecule has 4 heteroatoms. The van der Waals surface area contributed by atoms with Crippen LogP contribution in [0.5, 0.6) is 0 Å². The zero-order chi connectivity index (χ0) is 12.1. The van der Waals surface area contributed by atoms with E-state index in [1.807, 2.05) is 6.92 Å². The highest BCUT2D eigenvalue weighted by atomic mass is 19.1. The number of nitrogens with zero attached hydrogens (tertiary/aromatic N) is 1. The molecule has 3 nitrogen and oxygen atoms in total. The summed E-state index contributed by atoms with van der Waals surface area (Å²) >= 11 is 0. The van der Waals surface area contributed by atoms with Crippen molar-refractivity contribution in [2.45, 2.75) is 39.0 Å². The van der Waals surface area contributed by atoms with E-state index in [-0.39, 0.29) is 18.2 Å². The second-order valence-electron chi connectivity index (χ2n) is 4.33. The Kier molecular flexibility index (Phi) is 4.65. The number of unbranched alkanes of at least 4 members (excludes halogenated alkanes) is 2. The van der Waals surface area contributed by atoms with Gasteiger partial charge >= 0.3 is 6.04 Å². The van der Waals surface area contributed by atoms with Crippen molar-refractivity contribution in [1.82, 2.24) is 4.90 Å². The lowest BCUT2D eigenvalue weighted by Gasteiger charge is -2.17. The Morgan fingerprint density at radius 3 is 2.69 bits per heavy atom. The molecule has 1 aliphatic heterocycles. The lowest BCUT2D eigenvalue weighted by atomic mass is 10.1. The van der Waals surface area contributed by atoms with Crippen molar-refractivity contribution < 1.29 is 14.0 Å². The number of likely N-dealkylation sites (tertiary alicyclic amines) is 1. The van der Waals surface area contributed by atoms with E-state index >= 15 is 0 Å². The van der Waals surface area contributed by atoms with Crippen molar-refractivity contribution >= 4 is 11.9 Å². The first-order chi connectivity index (χ1) is 7.52. The van der Waals surface area contributed by atoms with Gasteiger partial charge in [0.25, 0.3) is 0 Å². The second kappa shape index (κ2) is 5.77. The Morgan fingerprint density at radius 2 is 2.19 bits per heavy atom. The number of rotatable bonds is 6. The number of amides is 1. The van der Waals surface area contributed by atoms with E-state index in [4.69, 9.17) is 0 Å². The van der Waals surface area contributed by atoms with E-state index < -0.39 is 6.04 Å². The zero-order valence-electron chi connectivity index (χ0n) is 9.67. The molecular weight excluding hydrogens is 209 g/mol. The maximum absolute atomic E-state index is 11.9. The van der Waals surface area contributed by atoms with E-state index in [0.717, 1.165) is 25.0 Å². The predicted molar refractivity (Wildman–Crippen MR) is 59.2 cm³/mol. The summed E-state index contributed by atoms with van der Waals surface area (Å²) in [5.74, 6) is 0.173. The molecule has 0 spiro atoms. The van der Waals surface area contributed by atoms with Crippen LogP contribution in [0.25, 0.3) is 0 Å². The third-order valence-electron chi connectivity index (χ3n) is 2.87. The Hall–Kier alpha value is -1.19. The van der Waals surface area contributed by atoms with Gasteiger partial charge in [0, 0.05) is 24.6 Å². The molecule has 0 aromatic rings. The lowest BCUT2D eigenvalue weighted by Crippen LogP contribution is -2.26. The van der Waals surface area contributed by atoms with E-state index in [1.165, 1.54) is 0 Å². The standard InChI is InChI=1S/C12H18FNO2/c1-9-8-10(2)14(12(9)16)7-5-3-4-6-11(13)15/h9H,2-8H2,1H3. The fourth-order valence-corrected chi connectivity index (χ4v) is 1.95. The van der Waals surface area contributed by atoms with Crippen molar-refractivity contribution in [1.29, 1.82) is 0 Å². The van der Waals surface area contributed by atoms with Gasteiger partial charge in [-0.3, -0.25) is 9.59 Å². The van der Waals surface area contributed by atoms with Gasteiger partial charge in [0.15, 0.2) is 0 Å². The second-order valence-corrected chi connectivity index (χ2v) is 4.33. The molecule has 90 valence electrons. The van der Waals surface area contributed by atoms with E-state index in [1.54, 1.807) is 4.90 Å². The normalized spacial score (nSPS) is 20.6. The zero-order valence-corrected chi connectivity index (χ0v) is 9.67. The molecule has 1 unspecified atom stereocenters. The van der Waals surface area contributed by atoms with Crippen LogP contribution in [0.1, 0.15) is 39.0 Å². The van der Waals surface area contributed by atoms with Crippen molar-refractivity contribution in [2.75, 3.05) is 6.54 Å². The lowest BCUT2D eigenvalue weighted by molar-refractivity contribution is -0.130. The fourth-order valence-electron chi connectivity index (χ4n) is 1.95. The minimum absolute atomic E-state index is 0.00864. The van der Waals surface area contributed by atoms with Crippen LogP contribution in [0.15, 0.2) is 12.3 Å². The SMILES string of the molecule is C=C1CC(C)C(=O)N1CCCCCC(=O)F. The molecule has 1 fully saturated rings. The van der Waals surface area contributed by atoms with Crippen LogP contribution in [-0.2, 0) is 9.59 Å². The van der Waals surface area contributed by atoms with Gasteiger partial charge in [-0.2, -0.15) is 4.39 Å². The van der Waals surface area contributed by atoms with Crippen LogP contribution in [0, 0.1) is 5.92 Å². The number of hydrogen-bond donors (Lipinski definition) is 0. The monoisotopic (exact) mass is 227 g/mol. The first-order valence-corrected chi connectivity index (χ1v) is 5.70. The largest absolute Gasteiger partial charge is 0.317 e. The highest BCUT2D eigenvalue weighted by Gasteiger charge is 2.30. The Bertz CT molecular complexity index is 301. The average Bonchev–Trinajstić information content (AvgIpc) is 2.43. The molecule has 1 atom stereocenters. The molecule has 0 aromatic heterocycles. The minimum Gasteiger partial charge on any atom is -0.317 e. The Morgan fingerprint density at radius 1 is 1.50 bits per heavy atom. The maximum atomic E-state index is 11.9. The highest BCUT2D eigenvalue weighted by molar-refractivity contribution is 5.83. The fraction of sp³-hybridized carbons (Fsp3) is 0.667. The molecule has 0 bridgehead atoms. The summed E-state index contributed by atoms with van der Waals surface area (Å²) in [5.41, 5.74) is 0.874. The predicted octanol–water partition coefficient (Wildman–Crippen LogP) is 2.43. The molecule has 0 N–H and O–H groups in total. The third kappa shape index (κ3) is 3.43. The molecule has 16 heavy (non-hydrogen) atoms. The summed E-state index contributed by atoms with van der Waals surface area (Å²) in [6, 6.07) is -1.25. The quantitative estimate of drug-likeness (QED) is 0.516. The summed E-state index contributed by atoms with van der Waals surface area (Å²) in [7, 11) is 0. The van der Waals surface area contributed by atoms with Gasteiger partial charge in [0.05, 0.1) is 0 Å². The maximum Gasteiger partial charge on any atom is 0.301 e. The topological polar surface area (TPSA) is 37.4 Å². The molecule has 0 aliphatic carbocycles. The highest BCUT2D eigenvalue weighted by Crippen LogP contribution is 2.26. The smallest absolute Gasteiger partial charge is 0.301 e. The van der Waals surface area contributed by atoms with E-state index in [9.17, 15) is 14.0 Å². The van der Waals surface area contributed by atoms with Crippen LogP contribution in [0.4, 0.5) is 4.39 Å². The van der Waals surface area contributed by atoms with Gasteiger partial charge in [0.2, 0.25) is 5.91 Å². The van der Waals surface area contributed by atoms with Crippen LogP contribution >= 0.6 is 0 Å². The van der Waals surface area contributed by atoms with Gasteiger partial charge in [-0.25, -0.2) is 0 Å². The summed E-state index contributed by atoms with van der Waals surface area (Å²) in [6.45, 7) is 6.39. The molecule has 1 heterocycles. The molecule has 1 aliphatic rings. The molecular formula is C12H18FNO2. The van der Waals surface area contributed by atoms with Crippen LogP contribution in [-0.4, -0.2) is 23.4 Å². The third-order valence-corrected chi connectivity index (χ3v) is 2.87. The Balaban J connectivity index is 2.20. The summed E-state index contributed by atoms with van der Waals surface area (Å²) in [5, 5.41) is 0. The summed E-state index contributed by atoms with van der Waals surface area (Å²) in [4.78, 5) is 23.4. The van der Waals surface area contributed by atoms with Crippen molar-refractivity contribution in [3.8, 4) is 0 Å². The van der Waals surface area contributed by atoms with Crippen LogP contribution < -0.4 is 0 Å². The molecule has 0 aromatic carbocycles. The number of allylic oxidation sites excluding steroid dienone is 1. The Labute approximate surface area is 95.3 Å². The summed E-state index contributed by atoms with van der Waals surface area (Å²) < 4.78 is 11.9. The number of halogens is 1. The van der Waals surface area contributed by atoms with Crippen molar-refractivity contribution in [3.63, 3.8) is 0 Å². The molecule has 1 saturated heterocycles. The first kappa shape index (κ1) is 12.9. The average molecular weight is 227 g/mol. The summed E-state index contributed by atoms with van der Waals surface area (Å²) in [6.07, 6.45) is 2.85. The number of carbonyl (C=O) groups excluding carboxylic acids is 2. The van der Waals surface area contributed by atoms with Gasteiger partial charge in [-0.1, -0.05) is 19.9 Å². The molecule has 1 amide bonds. The van der Waals surface area contributed by atoms with E-state index in [2.05, 4.69) is 6.58 Å². The molecule has 0 radical (unpaired) electrons. The van der Waals surface area contributed by atoms with Gasteiger partial charge in [-0.15, -0.1) is 0 Å². The number of hydrogen-bond acceptors (Lipinski definition) is 2. The minimum atomic E-state index is -1.25. The van der Waals surface area contributed by atoms with Crippen LogP contribution in [0.2, 0.25) is 0 Å². The van der Waals surface area contributed by atoms with Gasteiger partial charge in [0.1, 0.15) is 0 Å². The van der Waals surface area contributed by atoms with Gasteiger partial charge < -0.3 is 4.90 Å². The van der Waals surface area contributed by atoms with Crippen molar-refractivity contribution in [2.24, 2.45) is 5.92 Å². The van der Waals surface area contributed by atoms with Gasteiger partial charge in [-0.05, 0) is 19.3 Å². The first-order valence-electron chi connectivity index (χ1n) is 5.70. The van der Waals surface area contributed by atoms with E-state index in [0.29, 0.717) is 13.0 Å². The molecule has 0 saturated carbocycles.